The van der Waals surface area contributed by atoms with Crippen LogP contribution in [0.4, 0.5) is 0 Å². The van der Waals surface area contributed by atoms with Gasteiger partial charge in [-0.25, -0.2) is 0 Å². The minimum absolute atomic E-state index is 0.0570. The van der Waals surface area contributed by atoms with Crippen molar-refractivity contribution in [1.82, 2.24) is 0 Å². The van der Waals surface area contributed by atoms with Gasteiger partial charge in [-0.15, -0.1) is 0 Å². The minimum Gasteiger partial charge on any atom is -0.384 e. The van der Waals surface area contributed by atoms with Gasteiger partial charge in [-0.2, -0.15) is 0 Å². The topological polar surface area (TPSA) is 52.8 Å². The third-order valence-electron chi connectivity index (χ3n) is 3.43. The zero-order valence-electron chi connectivity index (χ0n) is 11.4. The molecule has 0 radical (unpaired) electrons. The van der Waals surface area contributed by atoms with Crippen LogP contribution in [-0.4, -0.2) is 65.6 Å². The summed E-state index contributed by atoms with van der Waals surface area (Å²) in [6, 6.07) is 0. The molecule has 5 heteroatoms. The standard InChI is InChI=1S/C13H24O5/c1-3-13(8-14-2,9-15-4-11-6-17-11)10-16-5-12-7-18-12/h11-12H,3-10H2,1-2H3. The van der Waals surface area contributed by atoms with E-state index in [1.807, 2.05) is 0 Å². The van der Waals surface area contributed by atoms with E-state index in [-0.39, 0.29) is 5.41 Å². The van der Waals surface area contributed by atoms with Crippen molar-refractivity contribution in [3.05, 3.63) is 0 Å². The minimum atomic E-state index is -0.0570. The Bertz CT molecular complexity index is 220. The predicted molar refractivity (Wildman–Crippen MR) is 65.7 cm³/mol. The Balaban J connectivity index is 1.70. The third kappa shape index (κ3) is 4.82. The van der Waals surface area contributed by atoms with Gasteiger partial charge in [0.15, 0.2) is 0 Å². The van der Waals surface area contributed by atoms with Crippen LogP contribution in [0.25, 0.3) is 0 Å². The number of epoxide rings is 2. The zero-order valence-corrected chi connectivity index (χ0v) is 11.4. The Kier molecular flexibility index (Phi) is 5.38. The second-order valence-corrected chi connectivity index (χ2v) is 5.23. The van der Waals surface area contributed by atoms with Gasteiger partial charge in [0.1, 0.15) is 12.2 Å². The van der Waals surface area contributed by atoms with Crippen molar-refractivity contribution in [3.8, 4) is 0 Å². The van der Waals surface area contributed by atoms with Crippen LogP contribution in [0.3, 0.4) is 0 Å². The predicted octanol–water partition coefficient (Wildman–Crippen LogP) is 0.860. The van der Waals surface area contributed by atoms with Gasteiger partial charge >= 0.3 is 0 Å². The summed E-state index contributed by atoms with van der Waals surface area (Å²) in [4.78, 5) is 0. The van der Waals surface area contributed by atoms with E-state index in [1.165, 1.54) is 0 Å². The fourth-order valence-corrected chi connectivity index (χ4v) is 1.88. The molecule has 2 fully saturated rings. The first-order chi connectivity index (χ1) is 8.78. The molecule has 2 aliphatic rings. The lowest BCUT2D eigenvalue weighted by Gasteiger charge is -2.31. The van der Waals surface area contributed by atoms with Gasteiger partial charge in [-0.05, 0) is 6.42 Å². The molecular formula is C13H24O5. The summed E-state index contributed by atoms with van der Waals surface area (Å²) in [6.07, 6.45) is 1.59. The van der Waals surface area contributed by atoms with Crippen LogP contribution in [0.1, 0.15) is 13.3 Å². The van der Waals surface area contributed by atoms with E-state index in [1.54, 1.807) is 7.11 Å². The van der Waals surface area contributed by atoms with Crippen LogP contribution in [0.5, 0.6) is 0 Å². The van der Waals surface area contributed by atoms with Crippen molar-refractivity contribution in [2.24, 2.45) is 5.41 Å². The van der Waals surface area contributed by atoms with E-state index in [9.17, 15) is 0 Å². The largest absolute Gasteiger partial charge is 0.384 e. The fraction of sp³-hybridized carbons (Fsp3) is 1.00. The van der Waals surface area contributed by atoms with Crippen LogP contribution < -0.4 is 0 Å². The van der Waals surface area contributed by atoms with Crippen molar-refractivity contribution in [2.45, 2.75) is 25.6 Å². The lowest BCUT2D eigenvalue weighted by Crippen LogP contribution is -2.37. The smallest absolute Gasteiger partial charge is 0.104 e. The Labute approximate surface area is 109 Å². The molecule has 0 spiro atoms. The van der Waals surface area contributed by atoms with Crippen molar-refractivity contribution < 1.29 is 23.7 Å². The molecule has 2 aliphatic heterocycles. The number of ether oxygens (including phenoxy) is 5. The highest BCUT2D eigenvalue weighted by atomic mass is 16.6. The van der Waals surface area contributed by atoms with Crippen LogP contribution in [0.15, 0.2) is 0 Å². The molecule has 0 bridgehead atoms. The first kappa shape index (κ1) is 14.2. The Morgan fingerprint density at radius 2 is 1.50 bits per heavy atom. The highest BCUT2D eigenvalue weighted by molar-refractivity contribution is 4.79. The Hall–Kier alpha value is -0.200. The molecule has 0 aromatic carbocycles. The molecule has 2 atom stereocenters. The average molecular weight is 260 g/mol. The van der Waals surface area contributed by atoms with Crippen molar-refractivity contribution in [3.63, 3.8) is 0 Å². The van der Waals surface area contributed by atoms with Crippen LogP contribution in [-0.2, 0) is 23.7 Å². The second kappa shape index (κ2) is 6.82. The van der Waals surface area contributed by atoms with Gasteiger partial charge in [-0.1, -0.05) is 6.92 Å². The quantitative estimate of drug-likeness (QED) is 0.516. The van der Waals surface area contributed by atoms with E-state index >= 15 is 0 Å². The molecule has 2 heterocycles. The van der Waals surface area contributed by atoms with E-state index in [2.05, 4.69) is 6.92 Å². The molecule has 5 nitrogen and oxygen atoms in total. The summed E-state index contributed by atoms with van der Waals surface area (Å²) < 4.78 is 27.0. The first-order valence-electron chi connectivity index (χ1n) is 6.65. The maximum absolute atomic E-state index is 5.72. The molecule has 0 amide bonds. The van der Waals surface area contributed by atoms with Crippen LogP contribution in [0, 0.1) is 5.41 Å². The summed E-state index contributed by atoms with van der Waals surface area (Å²) in [5.74, 6) is 0. The highest BCUT2D eigenvalue weighted by Crippen LogP contribution is 2.25. The van der Waals surface area contributed by atoms with E-state index in [0.717, 1.165) is 19.6 Å². The Morgan fingerprint density at radius 1 is 1.00 bits per heavy atom. The molecule has 106 valence electrons. The number of rotatable bonds is 11. The summed E-state index contributed by atoms with van der Waals surface area (Å²) in [5, 5.41) is 0. The SMILES string of the molecule is CCC(COC)(COCC1CO1)COCC1CO1. The fourth-order valence-electron chi connectivity index (χ4n) is 1.88. The second-order valence-electron chi connectivity index (χ2n) is 5.23. The van der Waals surface area contributed by atoms with Gasteiger partial charge in [0.05, 0.1) is 46.2 Å². The molecule has 2 rings (SSSR count). The Morgan fingerprint density at radius 3 is 1.83 bits per heavy atom. The monoisotopic (exact) mass is 260 g/mol. The van der Waals surface area contributed by atoms with E-state index < -0.39 is 0 Å². The third-order valence-corrected chi connectivity index (χ3v) is 3.43. The molecule has 2 unspecified atom stereocenters. The van der Waals surface area contributed by atoms with Gasteiger partial charge in [0, 0.05) is 12.5 Å². The highest BCUT2D eigenvalue weighted by Gasteiger charge is 2.32. The number of methoxy groups -OCH3 is 1. The summed E-state index contributed by atoms with van der Waals surface area (Å²) in [7, 11) is 1.72. The number of hydrogen-bond donors (Lipinski definition) is 0. The maximum atomic E-state index is 5.72. The molecule has 0 aliphatic carbocycles. The van der Waals surface area contributed by atoms with Crippen LogP contribution in [0.2, 0.25) is 0 Å². The van der Waals surface area contributed by atoms with Gasteiger partial charge in [0.25, 0.3) is 0 Å². The lowest BCUT2D eigenvalue weighted by molar-refractivity contribution is -0.0660. The van der Waals surface area contributed by atoms with E-state index in [0.29, 0.717) is 45.2 Å². The van der Waals surface area contributed by atoms with Crippen LogP contribution >= 0.6 is 0 Å². The zero-order chi connectivity index (χ0) is 12.8. The molecular weight excluding hydrogens is 236 g/mol. The normalized spacial score (nSPS) is 29.0. The lowest BCUT2D eigenvalue weighted by atomic mass is 9.88. The molecule has 0 saturated carbocycles. The van der Waals surface area contributed by atoms with Gasteiger partial charge in [-0.3, -0.25) is 0 Å². The average Bonchev–Trinajstić information content (AvgIpc) is 3.23. The van der Waals surface area contributed by atoms with E-state index in [4.69, 9.17) is 23.7 Å². The van der Waals surface area contributed by atoms with Crippen molar-refractivity contribution in [2.75, 3.05) is 53.4 Å². The van der Waals surface area contributed by atoms with Gasteiger partial charge < -0.3 is 23.7 Å². The first-order valence-corrected chi connectivity index (χ1v) is 6.65. The van der Waals surface area contributed by atoms with Gasteiger partial charge in [0.2, 0.25) is 0 Å². The molecule has 0 aromatic heterocycles. The molecule has 18 heavy (non-hydrogen) atoms. The van der Waals surface area contributed by atoms with Crippen molar-refractivity contribution in [1.29, 1.82) is 0 Å². The molecule has 0 aromatic rings. The summed E-state index contributed by atoms with van der Waals surface area (Å²) in [5.41, 5.74) is -0.0570. The summed E-state index contributed by atoms with van der Waals surface area (Å²) in [6.45, 7) is 7.13. The summed E-state index contributed by atoms with van der Waals surface area (Å²) >= 11 is 0. The number of hydrogen-bond acceptors (Lipinski definition) is 5. The molecule has 0 N–H and O–H groups in total. The van der Waals surface area contributed by atoms with Crippen molar-refractivity contribution >= 4 is 0 Å². The maximum Gasteiger partial charge on any atom is 0.104 e. The molecule has 2 saturated heterocycles.